The second-order valence-corrected chi connectivity index (χ2v) is 12.3. The van der Waals surface area contributed by atoms with E-state index >= 15 is 0 Å². The van der Waals surface area contributed by atoms with Gasteiger partial charge in [-0.3, -0.25) is 24.1 Å². The number of rotatable bonds is 9. The van der Waals surface area contributed by atoms with Crippen LogP contribution in [-0.2, 0) is 39.6 Å². The van der Waals surface area contributed by atoms with Crippen LogP contribution in [0.15, 0.2) is 35.7 Å². The highest BCUT2D eigenvalue weighted by atomic mass is 79.9. The third kappa shape index (κ3) is 8.71. The van der Waals surface area contributed by atoms with E-state index in [0.717, 1.165) is 17.0 Å². The highest BCUT2D eigenvalue weighted by Gasteiger charge is 2.54. The Bertz CT molecular complexity index is 1220. The molecule has 15 heteroatoms. The van der Waals surface area contributed by atoms with Crippen molar-refractivity contribution < 1.29 is 51.7 Å². The van der Waals surface area contributed by atoms with Crippen molar-refractivity contribution in [2.45, 2.75) is 76.3 Å². The summed E-state index contributed by atoms with van der Waals surface area (Å²) in [6.45, 7) is 9.26. The minimum Gasteiger partial charge on any atom is -0.509 e. The van der Waals surface area contributed by atoms with Gasteiger partial charge in [0, 0.05) is 0 Å². The van der Waals surface area contributed by atoms with E-state index in [-0.39, 0.29) is 10.9 Å². The van der Waals surface area contributed by atoms with E-state index in [9.17, 15) is 42.3 Å². The summed E-state index contributed by atoms with van der Waals surface area (Å²) in [7, 11) is 0. The van der Waals surface area contributed by atoms with E-state index in [1.807, 2.05) is 0 Å². The standard InChI is InChI=1S/C26H30BrF3N2O8S/c1-24(2,3)39-22(37)16(13-7-9-14(10-8-13)26(28,29)30)19(35)31-17-20(36)32(21(17)41-12-33)18(15(34)11-27)23(38)40-25(4,5)6/h7-10,12,16-17,21,34H,11H2,1-6H3,(H,31,35). The Morgan fingerprint density at radius 2 is 1.61 bits per heavy atom. The number of nitrogens with zero attached hydrogens (tertiary/aromatic N) is 1. The summed E-state index contributed by atoms with van der Waals surface area (Å²) in [6, 6.07) is 1.82. The lowest BCUT2D eigenvalue weighted by molar-refractivity contribution is -0.161. The topological polar surface area (TPSA) is 139 Å². The van der Waals surface area contributed by atoms with Gasteiger partial charge < -0.3 is 19.9 Å². The number of hydrogen-bond acceptors (Lipinski definition) is 9. The van der Waals surface area contributed by atoms with Gasteiger partial charge in [0.25, 0.3) is 5.91 Å². The molecule has 1 aliphatic rings. The molecule has 0 bridgehead atoms. The first-order valence-electron chi connectivity index (χ1n) is 12.1. The molecular formula is C26H30BrF3N2O8S. The molecule has 2 rings (SSSR count). The zero-order valence-corrected chi connectivity index (χ0v) is 25.4. The summed E-state index contributed by atoms with van der Waals surface area (Å²) in [6.07, 6.45) is -4.66. The van der Waals surface area contributed by atoms with Gasteiger partial charge in [0.1, 0.15) is 28.4 Å². The lowest BCUT2D eigenvalue weighted by atomic mass is 9.95. The van der Waals surface area contributed by atoms with Gasteiger partial charge in [-0.25, -0.2) is 4.79 Å². The summed E-state index contributed by atoms with van der Waals surface area (Å²) >= 11 is 3.50. The first-order chi connectivity index (χ1) is 18.7. The number of hydrogen-bond donors (Lipinski definition) is 2. The molecule has 0 aromatic heterocycles. The van der Waals surface area contributed by atoms with E-state index < -0.39 is 75.5 Å². The normalized spacial score (nSPS) is 19.0. The number of ether oxygens (including phenoxy) is 2. The van der Waals surface area contributed by atoms with Gasteiger partial charge in [-0.1, -0.05) is 39.8 Å². The number of nitrogens with one attached hydrogen (secondary N) is 1. The quantitative estimate of drug-likeness (QED) is 0.0754. The largest absolute Gasteiger partial charge is 0.509 e. The predicted octanol–water partition coefficient (Wildman–Crippen LogP) is 4.21. The zero-order valence-electron chi connectivity index (χ0n) is 23.0. The number of esters is 2. The van der Waals surface area contributed by atoms with Crippen LogP contribution in [0, 0.1) is 0 Å². The molecule has 0 saturated carbocycles. The number of aliphatic hydroxyl groups is 1. The van der Waals surface area contributed by atoms with Crippen LogP contribution >= 0.6 is 27.7 Å². The Kier molecular flexibility index (Phi) is 10.7. The Labute approximate surface area is 247 Å². The average molecular weight is 667 g/mol. The Balaban J connectivity index is 2.44. The number of β-lactam (4-membered cyclic amide) rings is 1. The first kappa shape index (κ1) is 34.1. The molecule has 0 aliphatic carbocycles. The van der Waals surface area contributed by atoms with E-state index in [1.54, 1.807) is 20.8 Å². The maximum absolute atomic E-state index is 13.4. The summed E-state index contributed by atoms with van der Waals surface area (Å²) < 4.78 is 49.8. The predicted molar refractivity (Wildman–Crippen MR) is 146 cm³/mol. The molecule has 0 radical (unpaired) electrons. The molecule has 1 aromatic rings. The SMILES string of the molecule is CC(C)(C)OC(=O)C(=C(O)CBr)N1C(=O)C(NC(=O)C(C(=O)OC(C)(C)C)c2ccc(C(F)(F)F)cc2)C1SC=O. The van der Waals surface area contributed by atoms with Crippen LogP contribution in [-0.4, -0.2) is 67.3 Å². The van der Waals surface area contributed by atoms with Gasteiger partial charge in [-0.2, -0.15) is 13.2 Å². The van der Waals surface area contributed by atoms with Crippen LogP contribution in [0.1, 0.15) is 58.6 Å². The number of likely N-dealkylation sites (tertiary alicyclic amines) is 1. The number of carbonyl (C=O) groups excluding carboxylic acids is 5. The van der Waals surface area contributed by atoms with Gasteiger partial charge in [0.15, 0.2) is 17.2 Å². The van der Waals surface area contributed by atoms with Crippen molar-refractivity contribution in [3.05, 3.63) is 46.8 Å². The van der Waals surface area contributed by atoms with Gasteiger partial charge in [0.05, 0.1) is 10.9 Å². The minimum absolute atomic E-state index is 0.140. The summed E-state index contributed by atoms with van der Waals surface area (Å²) in [4.78, 5) is 64.7. The van der Waals surface area contributed by atoms with Gasteiger partial charge in [0.2, 0.25) is 5.91 Å². The zero-order chi connectivity index (χ0) is 31.5. The van der Waals surface area contributed by atoms with Crippen molar-refractivity contribution in [2.75, 3.05) is 5.33 Å². The second-order valence-electron chi connectivity index (χ2n) is 10.8. The molecule has 226 valence electrons. The van der Waals surface area contributed by atoms with Gasteiger partial charge in [-0.05, 0) is 59.2 Å². The number of amides is 2. The Morgan fingerprint density at radius 3 is 2.05 bits per heavy atom. The number of alkyl halides is 4. The van der Waals surface area contributed by atoms with Crippen molar-refractivity contribution in [3.63, 3.8) is 0 Å². The molecule has 1 aliphatic heterocycles. The average Bonchev–Trinajstić information content (AvgIpc) is 2.82. The summed E-state index contributed by atoms with van der Waals surface area (Å²) in [5.74, 6) is -6.53. The fourth-order valence-corrected chi connectivity index (χ4v) is 4.68. The van der Waals surface area contributed by atoms with Crippen LogP contribution in [0.2, 0.25) is 0 Å². The van der Waals surface area contributed by atoms with Crippen molar-refractivity contribution in [1.82, 2.24) is 10.2 Å². The number of carbonyl (C=O) groups is 5. The van der Waals surface area contributed by atoms with E-state index in [1.165, 1.54) is 20.8 Å². The van der Waals surface area contributed by atoms with Gasteiger partial charge in [-0.15, -0.1) is 0 Å². The molecule has 3 atom stereocenters. The lowest BCUT2D eigenvalue weighted by Gasteiger charge is -2.46. The lowest BCUT2D eigenvalue weighted by Crippen LogP contribution is -2.70. The highest BCUT2D eigenvalue weighted by molar-refractivity contribution is 9.09. The van der Waals surface area contributed by atoms with Crippen LogP contribution in [0.25, 0.3) is 0 Å². The van der Waals surface area contributed by atoms with E-state index in [0.29, 0.717) is 29.5 Å². The van der Waals surface area contributed by atoms with Crippen LogP contribution in [0.3, 0.4) is 0 Å². The van der Waals surface area contributed by atoms with Crippen LogP contribution in [0.4, 0.5) is 13.2 Å². The number of benzene rings is 1. The third-order valence-corrected chi connectivity index (χ3v) is 6.65. The minimum atomic E-state index is -4.66. The monoisotopic (exact) mass is 666 g/mol. The molecule has 1 fully saturated rings. The number of aliphatic hydroxyl groups excluding tert-OH is 1. The molecule has 1 heterocycles. The van der Waals surface area contributed by atoms with Gasteiger partial charge >= 0.3 is 18.1 Å². The first-order valence-corrected chi connectivity index (χ1v) is 14.1. The fourth-order valence-electron chi connectivity index (χ4n) is 3.63. The van der Waals surface area contributed by atoms with Crippen molar-refractivity contribution >= 4 is 57.1 Å². The molecule has 2 N–H and O–H groups in total. The number of halogens is 4. The molecule has 3 unspecified atom stereocenters. The number of thioether (sulfide) groups is 1. The molecule has 2 amide bonds. The van der Waals surface area contributed by atoms with Crippen molar-refractivity contribution in [2.24, 2.45) is 0 Å². The van der Waals surface area contributed by atoms with Crippen molar-refractivity contribution in [1.29, 1.82) is 0 Å². The van der Waals surface area contributed by atoms with E-state index in [2.05, 4.69) is 21.2 Å². The van der Waals surface area contributed by atoms with Crippen LogP contribution in [0.5, 0.6) is 0 Å². The molecular weight excluding hydrogens is 637 g/mol. The summed E-state index contributed by atoms with van der Waals surface area (Å²) in [5.41, 5.74) is -3.43. The summed E-state index contributed by atoms with van der Waals surface area (Å²) in [5, 5.41) is 11.2. The molecule has 1 saturated heterocycles. The molecule has 10 nitrogen and oxygen atoms in total. The number of allylic oxidation sites excluding steroid dienone is 1. The third-order valence-electron chi connectivity index (χ3n) is 5.24. The maximum atomic E-state index is 13.4. The fraction of sp³-hybridized carbons (Fsp3) is 0.500. The second kappa shape index (κ2) is 12.8. The maximum Gasteiger partial charge on any atom is 0.416 e. The highest BCUT2D eigenvalue weighted by Crippen LogP contribution is 2.36. The molecule has 0 spiro atoms. The Morgan fingerprint density at radius 1 is 1.07 bits per heavy atom. The Hall–Kier alpha value is -3.07. The van der Waals surface area contributed by atoms with Crippen molar-refractivity contribution in [3.8, 4) is 0 Å². The molecule has 41 heavy (non-hydrogen) atoms. The smallest absolute Gasteiger partial charge is 0.416 e. The van der Waals surface area contributed by atoms with Crippen LogP contribution < -0.4 is 5.32 Å². The van der Waals surface area contributed by atoms with E-state index in [4.69, 9.17) is 9.47 Å². The molecule has 1 aromatic carbocycles.